The van der Waals surface area contributed by atoms with Crippen molar-refractivity contribution in [2.75, 3.05) is 43.5 Å². The predicted octanol–water partition coefficient (Wildman–Crippen LogP) is 0.842. The molecule has 112 valence electrons. The molecule has 0 aromatic heterocycles. The average molecular weight is 289 g/mol. The maximum Gasteiger partial charge on any atom is 0.228 e. The maximum atomic E-state index is 12.0. The summed E-state index contributed by atoms with van der Waals surface area (Å²) in [7, 11) is 0. The van der Waals surface area contributed by atoms with Crippen LogP contribution in [0.2, 0.25) is 0 Å². The fraction of sp³-hybridized carbons (Fsp3) is 0.467. The molecular formula is C15H19N3O3. The second-order valence-electron chi connectivity index (χ2n) is 5.35. The smallest absolute Gasteiger partial charge is 0.228 e. The highest BCUT2D eigenvalue weighted by molar-refractivity contribution is 6.00. The molecule has 6 heteroatoms. The number of carbonyl (C=O) groups excluding carboxylic acids is 2. The molecule has 0 bridgehead atoms. The summed E-state index contributed by atoms with van der Waals surface area (Å²) in [5.74, 6) is -0.000446. The highest BCUT2D eigenvalue weighted by Gasteiger charge is 2.18. The zero-order valence-electron chi connectivity index (χ0n) is 11.9. The molecular weight excluding hydrogens is 270 g/mol. The number of hydrogen-bond acceptors (Lipinski definition) is 4. The van der Waals surface area contributed by atoms with E-state index < -0.39 is 0 Å². The number of anilines is 2. The Bertz CT molecular complexity index is 553. The summed E-state index contributed by atoms with van der Waals surface area (Å²) in [5.41, 5.74) is 2.52. The lowest BCUT2D eigenvalue weighted by Gasteiger charge is -2.26. The summed E-state index contributed by atoms with van der Waals surface area (Å²) in [5, 5.41) is 5.67. The molecule has 2 heterocycles. The van der Waals surface area contributed by atoms with E-state index in [0.29, 0.717) is 12.8 Å². The first-order chi connectivity index (χ1) is 10.2. The molecule has 0 saturated carbocycles. The van der Waals surface area contributed by atoms with Crippen LogP contribution >= 0.6 is 0 Å². The van der Waals surface area contributed by atoms with Gasteiger partial charge in [-0.2, -0.15) is 0 Å². The molecule has 2 amide bonds. The summed E-state index contributed by atoms with van der Waals surface area (Å²) < 4.78 is 5.28. The fourth-order valence-corrected chi connectivity index (χ4v) is 2.61. The molecule has 1 saturated heterocycles. The highest BCUT2D eigenvalue weighted by atomic mass is 16.5. The molecule has 0 aliphatic carbocycles. The van der Waals surface area contributed by atoms with Crippen LogP contribution < -0.4 is 10.6 Å². The molecule has 2 aliphatic rings. The SMILES string of the molecule is O=C(CCN1CCOCC1)Nc1ccc2c(c1)CC(=O)N2. The Hall–Kier alpha value is -1.92. The summed E-state index contributed by atoms with van der Waals surface area (Å²) in [4.78, 5) is 25.5. The van der Waals surface area contributed by atoms with Gasteiger partial charge in [-0.1, -0.05) is 0 Å². The summed E-state index contributed by atoms with van der Waals surface area (Å²) in [6, 6.07) is 5.51. The minimum absolute atomic E-state index is 0.000735. The zero-order valence-corrected chi connectivity index (χ0v) is 11.9. The van der Waals surface area contributed by atoms with E-state index in [9.17, 15) is 9.59 Å². The number of nitrogens with zero attached hydrogens (tertiary/aromatic N) is 1. The molecule has 0 radical (unpaired) electrons. The first-order valence-corrected chi connectivity index (χ1v) is 7.23. The average Bonchev–Trinajstić information content (AvgIpc) is 2.85. The monoisotopic (exact) mass is 289 g/mol. The number of carbonyl (C=O) groups is 2. The van der Waals surface area contributed by atoms with Crippen molar-refractivity contribution < 1.29 is 14.3 Å². The van der Waals surface area contributed by atoms with Crippen molar-refractivity contribution in [1.29, 1.82) is 0 Å². The Morgan fingerprint density at radius 1 is 1.33 bits per heavy atom. The molecule has 1 aromatic carbocycles. The van der Waals surface area contributed by atoms with Gasteiger partial charge in [0.2, 0.25) is 11.8 Å². The van der Waals surface area contributed by atoms with Crippen LogP contribution in [0.3, 0.4) is 0 Å². The number of rotatable bonds is 4. The largest absolute Gasteiger partial charge is 0.379 e. The van der Waals surface area contributed by atoms with E-state index >= 15 is 0 Å². The number of morpholine rings is 1. The van der Waals surface area contributed by atoms with Crippen LogP contribution in [0.5, 0.6) is 0 Å². The van der Waals surface area contributed by atoms with Gasteiger partial charge in [-0.15, -0.1) is 0 Å². The van der Waals surface area contributed by atoms with Crippen LogP contribution in [0.1, 0.15) is 12.0 Å². The second-order valence-corrected chi connectivity index (χ2v) is 5.35. The van der Waals surface area contributed by atoms with Gasteiger partial charge in [0, 0.05) is 37.4 Å². The van der Waals surface area contributed by atoms with Gasteiger partial charge in [-0.3, -0.25) is 14.5 Å². The second kappa shape index (κ2) is 6.24. The standard InChI is InChI=1S/C15H19N3O3/c19-14(3-4-18-5-7-21-8-6-18)16-12-1-2-13-11(9-12)10-15(20)17-13/h1-2,9H,3-8,10H2,(H,16,19)(H,17,20). The van der Waals surface area contributed by atoms with E-state index in [1.54, 1.807) is 0 Å². The molecule has 0 atom stereocenters. The van der Waals surface area contributed by atoms with Crippen molar-refractivity contribution in [2.24, 2.45) is 0 Å². The predicted molar refractivity (Wildman–Crippen MR) is 79.3 cm³/mol. The Morgan fingerprint density at radius 2 is 2.14 bits per heavy atom. The van der Waals surface area contributed by atoms with Gasteiger partial charge in [0.05, 0.1) is 19.6 Å². The summed E-state index contributed by atoms with van der Waals surface area (Å²) in [6.45, 7) is 4.01. The fourth-order valence-electron chi connectivity index (χ4n) is 2.61. The molecule has 0 unspecified atom stereocenters. The number of hydrogen-bond donors (Lipinski definition) is 2. The molecule has 6 nitrogen and oxygen atoms in total. The quantitative estimate of drug-likeness (QED) is 0.862. The van der Waals surface area contributed by atoms with E-state index in [1.165, 1.54) is 0 Å². The lowest BCUT2D eigenvalue weighted by Crippen LogP contribution is -2.38. The Morgan fingerprint density at radius 3 is 2.95 bits per heavy atom. The van der Waals surface area contributed by atoms with Gasteiger partial charge in [0.25, 0.3) is 0 Å². The number of amides is 2. The molecule has 2 N–H and O–H groups in total. The van der Waals surface area contributed by atoms with Crippen molar-refractivity contribution in [3.63, 3.8) is 0 Å². The third-order valence-corrected chi connectivity index (χ3v) is 3.77. The van der Waals surface area contributed by atoms with Gasteiger partial charge in [0.15, 0.2) is 0 Å². The van der Waals surface area contributed by atoms with E-state index in [-0.39, 0.29) is 11.8 Å². The molecule has 1 fully saturated rings. The lowest BCUT2D eigenvalue weighted by molar-refractivity contribution is -0.117. The number of fused-ring (bicyclic) bond motifs is 1. The number of ether oxygens (including phenoxy) is 1. The van der Waals surface area contributed by atoms with Crippen LogP contribution in [0.25, 0.3) is 0 Å². The van der Waals surface area contributed by atoms with Crippen molar-refractivity contribution >= 4 is 23.2 Å². The Kier molecular flexibility index (Phi) is 4.17. The van der Waals surface area contributed by atoms with Gasteiger partial charge in [-0.05, 0) is 23.8 Å². The number of nitrogens with one attached hydrogen (secondary N) is 2. The maximum absolute atomic E-state index is 12.0. The topological polar surface area (TPSA) is 70.7 Å². The van der Waals surface area contributed by atoms with Crippen molar-refractivity contribution in [2.45, 2.75) is 12.8 Å². The summed E-state index contributed by atoms with van der Waals surface area (Å²) in [6.07, 6.45) is 0.848. The van der Waals surface area contributed by atoms with E-state index in [4.69, 9.17) is 4.74 Å². The molecule has 2 aliphatic heterocycles. The Labute approximate surface area is 123 Å². The van der Waals surface area contributed by atoms with Crippen LogP contribution in [0.15, 0.2) is 18.2 Å². The van der Waals surface area contributed by atoms with Crippen LogP contribution in [0.4, 0.5) is 11.4 Å². The molecule has 21 heavy (non-hydrogen) atoms. The van der Waals surface area contributed by atoms with Gasteiger partial charge in [-0.25, -0.2) is 0 Å². The molecule has 3 rings (SSSR count). The lowest BCUT2D eigenvalue weighted by atomic mass is 10.1. The first-order valence-electron chi connectivity index (χ1n) is 7.23. The normalized spacial score (nSPS) is 18.2. The van der Waals surface area contributed by atoms with Gasteiger partial charge >= 0.3 is 0 Å². The zero-order chi connectivity index (χ0) is 14.7. The third kappa shape index (κ3) is 3.59. The molecule has 0 spiro atoms. The first kappa shape index (κ1) is 14.0. The van der Waals surface area contributed by atoms with E-state index in [2.05, 4.69) is 15.5 Å². The highest BCUT2D eigenvalue weighted by Crippen LogP contribution is 2.25. The van der Waals surface area contributed by atoms with Gasteiger partial charge in [0.1, 0.15) is 0 Å². The minimum atomic E-state index is -0.00118. The van der Waals surface area contributed by atoms with Crippen LogP contribution in [0, 0.1) is 0 Å². The van der Waals surface area contributed by atoms with E-state index in [0.717, 1.165) is 49.8 Å². The third-order valence-electron chi connectivity index (χ3n) is 3.77. The number of benzene rings is 1. The van der Waals surface area contributed by atoms with Crippen molar-refractivity contribution in [3.05, 3.63) is 23.8 Å². The van der Waals surface area contributed by atoms with Crippen LogP contribution in [-0.4, -0.2) is 49.6 Å². The van der Waals surface area contributed by atoms with Crippen molar-refractivity contribution in [3.8, 4) is 0 Å². The minimum Gasteiger partial charge on any atom is -0.379 e. The van der Waals surface area contributed by atoms with Gasteiger partial charge < -0.3 is 15.4 Å². The molecule has 1 aromatic rings. The van der Waals surface area contributed by atoms with Crippen molar-refractivity contribution in [1.82, 2.24) is 4.90 Å². The Balaban J connectivity index is 1.50. The summed E-state index contributed by atoms with van der Waals surface area (Å²) >= 11 is 0. The van der Waals surface area contributed by atoms with Crippen LogP contribution in [-0.2, 0) is 20.7 Å². The van der Waals surface area contributed by atoms with E-state index in [1.807, 2.05) is 18.2 Å².